The Balaban J connectivity index is 3.70. The maximum absolute atomic E-state index is 10.7. The molecule has 94 valence electrons. The summed E-state index contributed by atoms with van der Waals surface area (Å²) in [6.45, 7) is 1.61. The Kier molecular flexibility index (Phi) is 3.67. The summed E-state index contributed by atoms with van der Waals surface area (Å²) >= 11 is 0. The van der Waals surface area contributed by atoms with Crippen LogP contribution in [0.15, 0.2) is 18.2 Å². The van der Waals surface area contributed by atoms with Gasteiger partial charge in [-0.25, -0.2) is 0 Å². The van der Waals surface area contributed by atoms with E-state index >= 15 is 0 Å². The second-order valence-corrected chi connectivity index (χ2v) is 3.18. The largest absolute Gasteiger partial charge is 0.422 e. The zero-order chi connectivity index (χ0) is 13.9. The van der Waals surface area contributed by atoms with Gasteiger partial charge in [0, 0.05) is 12.1 Å². The molecule has 0 fully saturated rings. The van der Waals surface area contributed by atoms with Crippen molar-refractivity contribution in [2.24, 2.45) is 0 Å². The molecule has 0 saturated carbocycles. The first kappa shape index (κ1) is 13.2. The SMILES string of the molecule is C/C=C/c1cc([N+](=O)[O-])c([N+](=O)[O-])c([N+](=O)[O-])c1. The molecule has 0 aliphatic heterocycles. The second-order valence-electron chi connectivity index (χ2n) is 3.18. The van der Waals surface area contributed by atoms with E-state index in [1.165, 1.54) is 12.2 Å². The molecule has 9 heteroatoms. The average molecular weight is 253 g/mol. The monoisotopic (exact) mass is 253 g/mol. The fraction of sp³-hybridized carbons (Fsp3) is 0.111. The zero-order valence-corrected chi connectivity index (χ0v) is 9.10. The third kappa shape index (κ3) is 2.45. The van der Waals surface area contributed by atoms with Crippen molar-refractivity contribution in [3.63, 3.8) is 0 Å². The predicted molar refractivity (Wildman–Crippen MR) is 61.1 cm³/mol. The number of nitrogens with zero attached hydrogens (tertiary/aromatic N) is 3. The minimum atomic E-state index is -1.13. The summed E-state index contributed by atoms with van der Waals surface area (Å²) in [6.07, 6.45) is 2.89. The molecule has 1 rings (SSSR count). The summed E-state index contributed by atoms with van der Waals surface area (Å²) in [5.41, 5.74) is -2.76. The Hall–Kier alpha value is -2.84. The highest BCUT2D eigenvalue weighted by atomic mass is 16.6. The van der Waals surface area contributed by atoms with Crippen LogP contribution in [0.2, 0.25) is 0 Å². The minimum absolute atomic E-state index is 0.154. The highest BCUT2D eigenvalue weighted by Crippen LogP contribution is 2.37. The molecule has 0 aliphatic carbocycles. The molecule has 18 heavy (non-hydrogen) atoms. The van der Waals surface area contributed by atoms with Crippen LogP contribution >= 0.6 is 0 Å². The van der Waals surface area contributed by atoms with Crippen molar-refractivity contribution in [1.29, 1.82) is 0 Å². The lowest BCUT2D eigenvalue weighted by molar-refractivity contribution is -0.441. The van der Waals surface area contributed by atoms with E-state index in [1.54, 1.807) is 6.92 Å². The van der Waals surface area contributed by atoms with E-state index < -0.39 is 31.8 Å². The standard InChI is InChI=1S/C9H7N3O6/c1-2-3-6-4-7(10(13)14)9(12(17)18)8(5-6)11(15)16/h2-5H,1H3/b3-2+. The predicted octanol–water partition coefficient (Wildman–Crippen LogP) is 2.44. The second kappa shape index (κ2) is 4.99. The summed E-state index contributed by atoms with van der Waals surface area (Å²) < 4.78 is 0. The highest BCUT2D eigenvalue weighted by Gasteiger charge is 2.36. The maximum Gasteiger partial charge on any atom is 0.422 e. The van der Waals surface area contributed by atoms with Gasteiger partial charge in [0.25, 0.3) is 0 Å². The van der Waals surface area contributed by atoms with Crippen molar-refractivity contribution in [2.75, 3.05) is 0 Å². The molecule has 0 saturated heterocycles. The minimum Gasteiger partial charge on any atom is -0.258 e. The van der Waals surface area contributed by atoms with Crippen molar-refractivity contribution in [3.05, 3.63) is 54.1 Å². The van der Waals surface area contributed by atoms with Crippen molar-refractivity contribution in [2.45, 2.75) is 6.92 Å². The number of nitro benzene ring substituents is 3. The molecular formula is C9H7N3O6. The Labute approximate surface area is 99.8 Å². The Bertz CT molecular complexity index is 530. The molecule has 1 aromatic rings. The van der Waals surface area contributed by atoms with Gasteiger partial charge in [-0.15, -0.1) is 0 Å². The van der Waals surface area contributed by atoms with Crippen LogP contribution in [0.25, 0.3) is 6.08 Å². The molecule has 0 amide bonds. The van der Waals surface area contributed by atoms with E-state index in [0.29, 0.717) is 0 Å². The molecule has 9 nitrogen and oxygen atoms in total. The number of rotatable bonds is 4. The van der Waals surface area contributed by atoms with E-state index in [4.69, 9.17) is 0 Å². The molecule has 0 atom stereocenters. The zero-order valence-electron chi connectivity index (χ0n) is 9.10. The van der Waals surface area contributed by atoms with E-state index in [0.717, 1.165) is 12.1 Å². The van der Waals surface area contributed by atoms with Crippen LogP contribution < -0.4 is 0 Å². The van der Waals surface area contributed by atoms with Crippen molar-refractivity contribution >= 4 is 23.1 Å². The molecule has 0 heterocycles. The van der Waals surface area contributed by atoms with Crippen LogP contribution in [0.4, 0.5) is 17.1 Å². The number of hydrogen-bond acceptors (Lipinski definition) is 6. The van der Waals surface area contributed by atoms with Crippen LogP contribution in [-0.2, 0) is 0 Å². The quantitative estimate of drug-likeness (QED) is 0.598. The van der Waals surface area contributed by atoms with Crippen LogP contribution in [0.3, 0.4) is 0 Å². The van der Waals surface area contributed by atoms with Gasteiger partial charge in [0.2, 0.25) is 0 Å². The Morgan fingerprint density at radius 3 is 1.67 bits per heavy atom. The lowest BCUT2D eigenvalue weighted by Crippen LogP contribution is -2.02. The number of benzene rings is 1. The van der Waals surface area contributed by atoms with Gasteiger partial charge in [-0.3, -0.25) is 30.3 Å². The van der Waals surface area contributed by atoms with Gasteiger partial charge in [0.1, 0.15) is 0 Å². The highest BCUT2D eigenvalue weighted by molar-refractivity contribution is 5.71. The van der Waals surface area contributed by atoms with Crippen LogP contribution in [-0.4, -0.2) is 14.8 Å². The van der Waals surface area contributed by atoms with E-state index in [1.807, 2.05) is 0 Å². The van der Waals surface area contributed by atoms with Crippen molar-refractivity contribution < 1.29 is 14.8 Å². The van der Waals surface area contributed by atoms with Crippen LogP contribution in [0.5, 0.6) is 0 Å². The summed E-state index contributed by atoms with van der Waals surface area (Å²) in [7, 11) is 0. The van der Waals surface area contributed by atoms with Gasteiger partial charge in [-0.1, -0.05) is 12.2 Å². The summed E-state index contributed by atoms with van der Waals surface area (Å²) in [6, 6.07) is 1.84. The normalized spacial score (nSPS) is 10.5. The fourth-order valence-electron chi connectivity index (χ4n) is 1.38. The lowest BCUT2D eigenvalue weighted by atomic mass is 10.1. The molecule has 0 unspecified atom stereocenters. The van der Waals surface area contributed by atoms with Crippen molar-refractivity contribution in [1.82, 2.24) is 0 Å². The van der Waals surface area contributed by atoms with Gasteiger partial charge >= 0.3 is 17.1 Å². The third-order valence-electron chi connectivity index (χ3n) is 2.03. The Morgan fingerprint density at radius 1 is 0.944 bits per heavy atom. The summed E-state index contributed by atoms with van der Waals surface area (Å²) in [5, 5.41) is 32.1. The maximum atomic E-state index is 10.7. The van der Waals surface area contributed by atoms with Gasteiger partial charge in [-0.05, 0) is 12.5 Å². The van der Waals surface area contributed by atoms with Gasteiger partial charge in [0.05, 0.1) is 14.8 Å². The van der Waals surface area contributed by atoms with E-state index in [-0.39, 0.29) is 5.56 Å². The van der Waals surface area contributed by atoms with E-state index in [2.05, 4.69) is 0 Å². The molecule has 0 aliphatic rings. The topological polar surface area (TPSA) is 129 Å². The molecule has 0 N–H and O–H groups in total. The van der Waals surface area contributed by atoms with Gasteiger partial charge in [0.15, 0.2) is 0 Å². The fourth-order valence-corrected chi connectivity index (χ4v) is 1.38. The average Bonchev–Trinajstić information content (AvgIpc) is 2.27. The summed E-state index contributed by atoms with van der Waals surface area (Å²) in [5.74, 6) is 0. The lowest BCUT2D eigenvalue weighted by Gasteiger charge is -1.99. The van der Waals surface area contributed by atoms with Gasteiger partial charge in [-0.2, -0.15) is 0 Å². The number of nitro groups is 3. The molecule has 0 spiro atoms. The smallest absolute Gasteiger partial charge is 0.258 e. The third-order valence-corrected chi connectivity index (χ3v) is 2.03. The first-order chi connectivity index (χ1) is 8.38. The van der Waals surface area contributed by atoms with Gasteiger partial charge < -0.3 is 0 Å². The number of allylic oxidation sites excluding steroid dienone is 1. The molecule has 0 aromatic heterocycles. The molecule has 0 bridgehead atoms. The number of hydrogen-bond donors (Lipinski definition) is 0. The Morgan fingerprint density at radius 2 is 1.39 bits per heavy atom. The van der Waals surface area contributed by atoms with Crippen molar-refractivity contribution in [3.8, 4) is 0 Å². The molecule has 1 aromatic carbocycles. The first-order valence-corrected chi connectivity index (χ1v) is 4.62. The molecular weight excluding hydrogens is 246 g/mol. The summed E-state index contributed by atoms with van der Waals surface area (Å²) in [4.78, 5) is 29.0. The molecule has 0 radical (unpaired) electrons. The first-order valence-electron chi connectivity index (χ1n) is 4.62. The van der Waals surface area contributed by atoms with Crippen LogP contribution in [0, 0.1) is 30.3 Å². The van der Waals surface area contributed by atoms with Crippen LogP contribution in [0.1, 0.15) is 12.5 Å². The van der Waals surface area contributed by atoms with E-state index in [9.17, 15) is 30.3 Å².